The summed E-state index contributed by atoms with van der Waals surface area (Å²) in [6.07, 6.45) is 0.705. The van der Waals surface area contributed by atoms with E-state index in [4.69, 9.17) is 4.42 Å². The Bertz CT molecular complexity index is 570. The highest BCUT2D eigenvalue weighted by Crippen LogP contribution is 2.19. The number of hydrogen-bond donors (Lipinski definition) is 0. The van der Waals surface area contributed by atoms with Crippen LogP contribution in [0, 0.1) is 6.92 Å². The van der Waals surface area contributed by atoms with Crippen LogP contribution < -0.4 is 5.43 Å². The first-order chi connectivity index (χ1) is 7.13. The van der Waals surface area contributed by atoms with E-state index in [0.717, 1.165) is 15.8 Å². The van der Waals surface area contributed by atoms with Gasteiger partial charge in [-0.3, -0.25) is 4.79 Å². The molecule has 2 rings (SSSR count). The maximum atomic E-state index is 12.1. The molecule has 0 aliphatic carbocycles. The van der Waals surface area contributed by atoms with Gasteiger partial charge in [-0.2, -0.15) is 0 Å². The lowest BCUT2D eigenvalue weighted by molar-refractivity contribution is 0.555. The van der Waals surface area contributed by atoms with Gasteiger partial charge >= 0.3 is 0 Å². The minimum absolute atomic E-state index is 0.0811. The Morgan fingerprint density at radius 3 is 2.80 bits per heavy atom. The van der Waals surface area contributed by atoms with Crippen LogP contribution >= 0.6 is 15.9 Å². The van der Waals surface area contributed by atoms with E-state index in [9.17, 15) is 4.79 Å². The number of fused-ring (bicyclic) bond motifs is 1. The molecular formula is C12H11BrO2. The zero-order valence-corrected chi connectivity index (χ0v) is 10.2. The third kappa shape index (κ3) is 1.72. The van der Waals surface area contributed by atoms with Gasteiger partial charge in [0.25, 0.3) is 0 Å². The summed E-state index contributed by atoms with van der Waals surface area (Å²) in [6.45, 7) is 3.80. The van der Waals surface area contributed by atoms with Crippen molar-refractivity contribution in [3.05, 3.63) is 44.2 Å². The highest BCUT2D eigenvalue weighted by molar-refractivity contribution is 9.10. The van der Waals surface area contributed by atoms with E-state index in [2.05, 4.69) is 15.9 Å². The predicted octanol–water partition coefficient (Wildman–Crippen LogP) is 3.43. The second kappa shape index (κ2) is 3.81. The maximum Gasteiger partial charge on any atom is 0.196 e. The van der Waals surface area contributed by atoms with Crippen molar-refractivity contribution in [1.82, 2.24) is 0 Å². The molecule has 15 heavy (non-hydrogen) atoms. The van der Waals surface area contributed by atoms with Gasteiger partial charge in [-0.15, -0.1) is 0 Å². The van der Waals surface area contributed by atoms with Gasteiger partial charge in [0.2, 0.25) is 0 Å². The summed E-state index contributed by atoms with van der Waals surface area (Å²) in [7, 11) is 0. The monoisotopic (exact) mass is 266 g/mol. The fourth-order valence-corrected chi connectivity index (χ4v) is 2.09. The van der Waals surface area contributed by atoms with Crippen LogP contribution in [0.25, 0.3) is 11.0 Å². The molecule has 0 atom stereocenters. The minimum Gasteiger partial charge on any atom is -0.461 e. The van der Waals surface area contributed by atoms with E-state index in [1.165, 1.54) is 0 Å². The first-order valence-electron chi connectivity index (χ1n) is 4.85. The van der Waals surface area contributed by atoms with Crippen LogP contribution in [0.4, 0.5) is 0 Å². The summed E-state index contributed by atoms with van der Waals surface area (Å²) in [4.78, 5) is 12.1. The Morgan fingerprint density at radius 2 is 2.13 bits per heavy atom. The van der Waals surface area contributed by atoms with Gasteiger partial charge < -0.3 is 4.42 Å². The topological polar surface area (TPSA) is 30.2 Å². The molecule has 0 aliphatic heterocycles. The number of halogens is 1. The van der Waals surface area contributed by atoms with Crippen LogP contribution in [0.1, 0.15) is 18.2 Å². The first-order valence-corrected chi connectivity index (χ1v) is 5.64. The highest BCUT2D eigenvalue weighted by Gasteiger charge is 2.09. The Kier molecular flexibility index (Phi) is 2.65. The van der Waals surface area contributed by atoms with Crippen LogP contribution in [0.15, 0.2) is 31.9 Å². The normalized spacial score (nSPS) is 10.9. The summed E-state index contributed by atoms with van der Waals surface area (Å²) in [6, 6.07) is 5.49. The molecule has 0 N–H and O–H groups in total. The lowest BCUT2D eigenvalue weighted by Gasteiger charge is -2.04. The average molecular weight is 267 g/mol. The summed E-state index contributed by atoms with van der Waals surface area (Å²) >= 11 is 3.35. The van der Waals surface area contributed by atoms with Crippen molar-refractivity contribution in [3.63, 3.8) is 0 Å². The molecule has 0 fully saturated rings. The molecule has 0 amide bonds. The third-order valence-corrected chi connectivity index (χ3v) is 3.00. The molecule has 1 heterocycles. The van der Waals surface area contributed by atoms with Gasteiger partial charge in [-0.1, -0.05) is 22.9 Å². The molecule has 3 heteroatoms. The lowest BCUT2D eigenvalue weighted by atomic mass is 10.1. The van der Waals surface area contributed by atoms with E-state index in [0.29, 0.717) is 17.4 Å². The second-order valence-corrected chi connectivity index (χ2v) is 4.38. The molecule has 0 spiro atoms. The minimum atomic E-state index is 0.0811. The second-order valence-electron chi connectivity index (χ2n) is 3.46. The number of aryl methyl sites for hydroxylation is 1. The Balaban J connectivity index is 2.92. The molecule has 1 aromatic carbocycles. The molecule has 0 saturated carbocycles. The van der Waals surface area contributed by atoms with Crippen molar-refractivity contribution in [3.8, 4) is 0 Å². The Labute approximate surface area is 96.0 Å². The molecule has 0 unspecified atom stereocenters. The summed E-state index contributed by atoms with van der Waals surface area (Å²) < 4.78 is 6.50. The molecule has 2 nitrogen and oxygen atoms in total. The van der Waals surface area contributed by atoms with E-state index in [1.54, 1.807) is 6.07 Å². The van der Waals surface area contributed by atoms with Crippen LogP contribution in [-0.2, 0) is 6.42 Å². The SMILES string of the molecule is CCc1c(C)oc2ccc(Br)cc2c1=O. The highest BCUT2D eigenvalue weighted by atomic mass is 79.9. The summed E-state index contributed by atoms with van der Waals surface area (Å²) in [5.74, 6) is 0.720. The first kappa shape index (κ1) is 10.4. The van der Waals surface area contributed by atoms with E-state index in [-0.39, 0.29) is 5.43 Å². The zero-order valence-electron chi connectivity index (χ0n) is 8.63. The summed E-state index contributed by atoms with van der Waals surface area (Å²) in [5, 5.41) is 0.645. The van der Waals surface area contributed by atoms with Gasteiger partial charge in [0.1, 0.15) is 11.3 Å². The maximum absolute atomic E-state index is 12.1. The van der Waals surface area contributed by atoms with Crippen LogP contribution in [0.3, 0.4) is 0 Å². The van der Waals surface area contributed by atoms with Gasteiger partial charge in [0.15, 0.2) is 5.43 Å². The van der Waals surface area contributed by atoms with Crippen LogP contribution in [-0.4, -0.2) is 0 Å². The molecular weight excluding hydrogens is 256 g/mol. The smallest absolute Gasteiger partial charge is 0.196 e. The molecule has 0 radical (unpaired) electrons. The quantitative estimate of drug-likeness (QED) is 0.792. The van der Waals surface area contributed by atoms with Gasteiger partial charge in [-0.25, -0.2) is 0 Å². The average Bonchev–Trinajstić information content (AvgIpc) is 2.20. The number of benzene rings is 1. The standard InChI is InChI=1S/C12H11BrO2/c1-3-9-7(2)15-11-5-4-8(13)6-10(11)12(9)14/h4-6H,3H2,1-2H3. The van der Waals surface area contributed by atoms with Crippen molar-refractivity contribution in [2.24, 2.45) is 0 Å². The summed E-state index contributed by atoms with van der Waals surface area (Å²) in [5.41, 5.74) is 1.50. The van der Waals surface area contributed by atoms with Gasteiger partial charge in [0.05, 0.1) is 5.39 Å². The largest absolute Gasteiger partial charge is 0.461 e. The van der Waals surface area contributed by atoms with E-state index >= 15 is 0 Å². The van der Waals surface area contributed by atoms with Gasteiger partial charge in [-0.05, 0) is 31.5 Å². The van der Waals surface area contributed by atoms with Crippen molar-refractivity contribution >= 4 is 26.9 Å². The third-order valence-electron chi connectivity index (χ3n) is 2.50. The number of hydrogen-bond acceptors (Lipinski definition) is 2. The van der Waals surface area contributed by atoms with E-state index in [1.807, 2.05) is 26.0 Å². The Morgan fingerprint density at radius 1 is 1.40 bits per heavy atom. The molecule has 78 valence electrons. The molecule has 0 saturated heterocycles. The fourth-order valence-electron chi connectivity index (χ4n) is 1.73. The molecule has 0 aliphatic rings. The molecule has 1 aromatic heterocycles. The lowest BCUT2D eigenvalue weighted by Crippen LogP contribution is -2.10. The Hall–Kier alpha value is -1.09. The fraction of sp³-hybridized carbons (Fsp3) is 0.250. The predicted molar refractivity (Wildman–Crippen MR) is 64.3 cm³/mol. The van der Waals surface area contributed by atoms with Crippen molar-refractivity contribution < 1.29 is 4.42 Å². The van der Waals surface area contributed by atoms with Crippen molar-refractivity contribution in [1.29, 1.82) is 0 Å². The van der Waals surface area contributed by atoms with Gasteiger partial charge in [0, 0.05) is 10.0 Å². The van der Waals surface area contributed by atoms with E-state index < -0.39 is 0 Å². The van der Waals surface area contributed by atoms with Crippen molar-refractivity contribution in [2.45, 2.75) is 20.3 Å². The van der Waals surface area contributed by atoms with Crippen molar-refractivity contribution in [2.75, 3.05) is 0 Å². The zero-order chi connectivity index (χ0) is 11.0. The number of rotatable bonds is 1. The van der Waals surface area contributed by atoms with Crippen LogP contribution in [0.5, 0.6) is 0 Å². The molecule has 0 bridgehead atoms. The van der Waals surface area contributed by atoms with Crippen LogP contribution in [0.2, 0.25) is 0 Å². The molecule has 2 aromatic rings.